The molecule has 1 aromatic heterocycles. The van der Waals surface area contributed by atoms with Crippen molar-refractivity contribution in [3.63, 3.8) is 0 Å². The highest BCUT2D eigenvalue weighted by Crippen LogP contribution is 2.55. The molecule has 0 saturated carbocycles. The molecule has 0 saturated heterocycles. The topological polar surface area (TPSA) is 22.0 Å². The van der Waals surface area contributed by atoms with Crippen LogP contribution in [0.5, 0.6) is 0 Å². The SMILES string of the molecule is CC(C)(c1ccc(Cl)c(Cl)c1)c1cc2c(n1-c1ccc(F)cc1)S(=O)C2(C)c1c(F)cccc1Cl. The normalized spacial score (nSPS) is 19.4. The summed E-state index contributed by atoms with van der Waals surface area (Å²) in [5, 5.41) is 1.60. The molecule has 0 spiro atoms. The van der Waals surface area contributed by atoms with Crippen molar-refractivity contribution in [2.45, 2.75) is 36.0 Å². The van der Waals surface area contributed by atoms with Crippen LogP contribution in [0.25, 0.3) is 5.69 Å². The first-order valence-corrected chi connectivity index (χ1v) is 13.1. The molecule has 2 atom stereocenters. The van der Waals surface area contributed by atoms with Gasteiger partial charge in [0.05, 0.1) is 20.8 Å². The number of hydrogen-bond acceptors (Lipinski definition) is 1. The van der Waals surface area contributed by atoms with Gasteiger partial charge >= 0.3 is 0 Å². The zero-order chi connectivity index (χ0) is 25.3. The highest BCUT2D eigenvalue weighted by Gasteiger charge is 2.54. The lowest BCUT2D eigenvalue weighted by atomic mass is 9.80. The first-order chi connectivity index (χ1) is 16.5. The Morgan fingerprint density at radius 1 is 0.886 bits per heavy atom. The minimum Gasteiger partial charge on any atom is -0.305 e. The van der Waals surface area contributed by atoms with Crippen molar-refractivity contribution >= 4 is 45.6 Å². The van der Waals surface area contributed by atoms with Crippen molar-refractivity contribution in [1.82, 2.24) is 4.57 Å². The van der Waals surface area contributed by atoms with E-state index in [9.17, 15) is 13.0 Å². The Balaban J connectivity index is 1.80. The number of rotatable bonds is 4. The zero-order valence-corrected chi connectivity index (χ0v) is 22.1. The van der Waals surface area contributed by atoms with Gasteiger partial charge in [0.25, 0.3) is 0 Å². The third kappa shape index (κ3) is 3.59. The standard InChI is InChI=1S/C27H20Cl3F2NOS/c1-26(2,15-7-12-19(28)21(30)13-15)23-14-18-25(33(23)17-10-8-16(31)9-11-17)35(34)27(18,3)24-20(29)5-4-6-22(24)32/h4-14H,1-3H3. The van der Waals surface area contributed by atoms with E-state index >= 15 is 0 Å². The van der Waals surface area contributed by atoms with Gasteiger partial charge < -0.3 is 4.57 Å². The maximum absolute atomic E-state index is 15.0. The van der Waals surface area contributed by atoms with Crippen molar-refractivity contribution in [2.75, 3.05) is 0 Å². The average molecular weight is 551 g/mol. The van der Waals surface area contributed by atoms with Gasteiger partial charge in [0, 0.05) is 32.9 Å². The van der Waals surface area contributed by atoms with E-state index in [-0.39, 0.29) is 16.4 Å². The maximum atomic E-state index is 15.0. The molecule has 0 fully saturated rings. The predicted molar refractivity (Wildman–Crippen MR) is 139 cm³/mol. The van der Waals surface area contributed by atoms with Crippen LogP contribution in [0.1, 0.15) is 43.2 Å². The van der Waals surface area contributed by atoms with Crippen molar-refractivity contribution in [3.8, 4) is 5.69 Å². The summed E-state index contributed by atoms with van der Waals surface area (Å²) in [6, 6.07) is 17.8. The lowest BCUT2D eigenvalue weighted by Gasteiger charge is -2.39. The fourth-order valence-corrected chi connectivity index (χ4v) is 7.30. The zero-order valence-electron chi connectivity index (χ0n) is 19.0. The molecule has 2 nitrogen and oxygen atoms in total. The minimum atomic E-state index is -1.64. The molecule has 0 aliphatic carbocycles. The van der Waals surface area contributed by atoms with E-state index in [4.69, 9.17) is 34.8 Å². The Morgan fingerprint density at radius 3 is 2.20 bits per heavy atom. The molecular formula is C27H20Cl3F2NOS. The molecule has 5 rings (SSSR count). The molecule has 0 radical (unpaired) electrons. The van der Waals surface area contributed by atoms with Gasteiger partial charge in [-0.15, -0.1) is 0 Å². The second kappa shape index (κ2) is 8.45. The van der Waals surface area contributed by atoms with E-state index in [2.05, 4.69) is 0 Å². The van der Waals surface area contributed by atoms with Crippen LogP contribution in [0.3, 0.4) is 0 Å². The molecule has 35 heavy (non-hydrogen) atoms. The average Bonchev–Trinajstić information content (AvgIpc) is 3.20. The summed E-state index contributed by atoms with van der Waals surface area (Å²) in [6.45, 7) is 5.76. The highest BCUT2D eigenvalue weighted by atomic mass is 35.5. The molecule has 0 amide bonds. The summed E-state index contributed by atoms with van der Waals surface area (Å²) in [5.41, 5.74) is 2.58. The molecular weight excluding hydrogens is 531 g/mol. The van der Waals surface area contributed by atoms with E-state index < -0.39 is 26.8 Å². The van der Waals surface area contributed by atoms with Gasteiger partial charge in [-0.3, -0.25) is 4.21 Å². The van der Waals surface area contributed by atoms with Crippen LogP contribution in [0.2, 0.25) is 15.1 Å². The maximum Gasteiger partial charge on any atom is 0.129 e. The molecule has 0 N–H and O–H groups in total. The summed E-state index contributed by atoms with van der Waals surface area (Å²) in [6.07, 6.45) is 0. The molecule has 2 heterocycles. The summed E-state index contributed by atoms with van der Waals surface area (Å²) in [7, 11) is -1.64. The van der Waals surface area contributed by atoms with Crippen LogP contribution in [0.15, 0.2) is 71.8 Å². The second-order valence-corrected chi connectivity index (χ2v) is 12.2. The van der Waals surface area contributed by atoms with Gasteiger partial charge in [0.15, 0.2) is 0 Å². The van der Waals surface area contributed by atoms with Crippen LogP contribution in [-0.4, -0.2) is 8.78 Å². The summed E-state index contributed by atoms with van der Waals surface area (Å²) < 4.78 is 43.3. The van der Waals surface area contributed by atoms with Crippen molar-refractivity contribution in [1.29, 1.82) is 0 Å². The fraction of sp³-hybridized carbons (Fsp3) is 0.185. The molecule has 0 bridgehead atoms. The Bertz CT molecular complexity index is 1490. The lowest BCUT2D eigenvalue weighted by molar-refractivity contribution is 0.557. The Morgan fingerprint density at radius 2 is 1.57 bits per heavy atom. The van der Waals surface area contributed by atoms with Crippen LogP contribution in [0.4, 0.5) is 8.78 Å². The number of halogens is 5. The molecule has 1 aliphatic rings. The molecule has 180 valence electrons. The molecule has 4 aromatic rings. The quantitative estimate of drug-likeness (QED) is 0.250. The van der Waals surface area contributed by atoms with Gasteiger partial charge in [-0.25, -0.2) is 8.78 Å². The summed E-state index contributed by atoms with van der Waals surface area (Å²) >= 11 is 18.9. The van der Waals surface area contributed by atoms with Gasteiger partial charge in [-0.2, -0.15) is 0 Å². The van der Waals surface area contributed by atoms with Crippen molar-refractivity contribution in [3.05, 3.63) is 116 Å². The highest BCUT2D eigenvalue weighted by molar-refractivity contribution is 7.87. The lowest BCUT2D eigenvalue weighted by Crippen LogP contribution is -2.41. The van der Waals surface area contributed by atoms with Crippen LogP contribution in [-0.2, 0) is 21.0 Å². The Kier molecular flexibility index (Phi) is 5.92. The third-order valence-corrected chi connectivity index (χ3v) is 9.80. The van der Waals surface area contributed by atoms with Crippen molar-refractivity contribution in [2.24, 2.45) is 0 Å². The number of aromatic nitrogens is 1. The second-order valence-electron chi connectivity index (χ2n) is 9.21. The first kappa shape index (κ1) is 24.5. The third-order valence-electron chi connectivity index (χ3n) is 6.82. The molecule has 3 aromatic carbocycles. The van der Waals surface area contributed by atoms with E-state index in [1.165, 1.54) is 24.3 Å². The van der Waals surface area contributed by atoms with E-state index in [0.717, 1.165) is 11.3 Å². The molecule has 8 heteroatoms. The number of nitrogens with zero attached hydrogens (tertiary/aromatic N) is 1. The van der Waals surface area contributed by atoms with Gasteiger partial charge in [0.2, 0.25) is 0 Å². The van der Waals surface area contributed by atoms with Gasteiger partial charge in [-0.1, -0.05) is 60.8 Å². The van der Waals surface area contributed by atoms with Gasteiger partial charge in [-0.05, 0) is 67.1 Å². The Labute approximate surface area is 219 Å². The van der Waals surface area contributed by atoms with Crippen LogP contribution in [0, 0.1) is 11.6 Å². The molecule has 1 aliphatic heterocycles. The summed E-state index contributed by atoms with van der Waals surface area (Å²) in [4.78, 5) is 0. The molecule has 2 unspecified atom stereocenters. The monoisotopic (exact) mass is 549 g/mol. The largest absolute Gasteiger partial charge is 0.305 e. The van der Waals surface area contributed by atoms with Crippen LogP contribution < -0.4 is 0 Å². The fourth-order valence-electron chi connectivity index (χ4n) is 4.78. The van der Waals surface area contributed by atoms with Crippen molar-refractivity contribution < 1.29 is 13.0 Å². The first-order valence-electron chi connectivity index (χ1n) is 10.8. The predicted octanol–water partition coefficient (Wildman–Crippen LogP) is 8.43. The summed E-state index contributed by atoms with van der Waals surface area (Å²) in [5.74, 6) is -0.895. The number of hydrogen-bond donors (Lipinski definition) is 0. The van der Waals surface area contributed by atoms with E-state index in [1.54, 1.807) is 37.3 Å². The van der Waals surface area contributed by atoms with Crippen LogP contribution >= 0.6 is 34.8 Å². The number of fused-ring (bicyclic) bond motifs is 1. The smallest absolute Gasteiger partial charge is 0.129 e. The van der Waals surface area contributed by atoms with Gasteiger partial charge in [0.1, 0.15) is 21.4 Å². The number of benzene rings is 3. The Hall–Kier alpha value is -2.18. The minimum absolute atomic E-state index is 0.197. The van der Waals surface area contributed by atoms with E-state index in [0.29, 0.717) is 26.3 Å². The van der Waals surface area contributed by atoms with E-state index in [1.807, 2.05) is 30.5 Å².